The number of thioether (sulfide) groups is 1. The lowest BCUT2D eigenvalue weighted by Gasteiger charge is -2.24. The molecular formula is C30H27F3N4O2S. The van der Waals surface area contributed by atoms with Crippen molar-refractivity contribution in [3.63, 3.8) is 0 Å². The Kier molecular flexibility index (Phi) is 7.46. The van der Waals surface area contributed by atoms with Gasteiger partial charge in [-0.2, -0.15) is 5.10 Å². The van der Waals surface area contributed by atoms with Crippen molar-refractivity contribution < 1.29 is 22.8 Å². The predicted molar refractivity (Wildman–Crippen MR) is 150 cm³/mol. The Morgan fingerprint density at radius 2 is 1.60 bits per heavy atom. The van der Waals surface area contributed by atoms with Gasteiger partial charge in [-0.25, -0.2) is 17.9 Å². The van der Waals surface area contributed by atoms with Crippen LogP contribution in [0.2, 0.25) is 0 Å². The maximum atomic E-state index is 15.2. The van der Waals surface area contributed by atoms with Crippen molar-refractivity contribution in [2.45, 2.75) is 31.4 Å². The van der Waals surface area contributed by atoms with E-state index < -0.39 is 34.0 Å². The molecule has 1 aliphatic heterocycles. The summed E-state index contributed by atoms with van der Waals surface area (Å²) in [6, 6.07) is 17.3. The number of benzene rings is 3. The second-order valence-corrected chi connectivity index (χ2v) is 11.6. The van der Waals surface area contributed by atoms with Crippen LogP contribution in [-0.4, -0.2) is 33.9 Å². The SMILES string of the molecule is CC(C)(C)c1nn(-c2ccc(F)cc2)c2c1C(c1ccccc1F)SCC(=O)N2CC(=O)Nc1ccc(F)cc1. The summed E-state index contributed by atoms with van der Waals surface area (Å²) in [5.74, 6) is -1.90. The van der Waals surface area contributed by atoms with Crippen molar-refractivity contribution in [2.24, 2.45) is 0 Å². The molecule has 5 rings (SSSR count). The molecule has 1 aromatic heterocycles. The van der Waals surface area contributed by atoms with Gasteiger partial charge in [0.1, 0.15) is 29.8 Å². The van der Waals surface area contributed by atoms with E-state index in [1.807, 2.05) is 20.8 Å². The summed E-state index contributed by atoms with van der Waals surface area (Å²) in [6.45, 7) is 5.52. The molecule has 0 spiro atoms. The summed E-state index contributed by atoms with van der Waals surface area (Å²) in [5, 5.41) is 6.98. The van der Waals surface area contributed by atoms with E-state index in [1.54, 1.807) is 18.2 Å². The third kappa shape index (κ3) is 5.49. The van der Waals surface area contributed by atoms with E-state index in [0.717, 1.165) is 0 Å². The van der Waals surface area contributed by atoms with E-state index in [-0.39, 0.29) is 18.2 Å². The second kappa shape index (κ2) is 10.8. The maximum Gasteiger partial charge on any atom is 0.244 e. The van der Waals surface area contributed by atoms with Gasteiger partial charge >= 0.3 is 0 Å². The molecule has 1 aliphatic rings. The number of carbonyl (C=O) groups excluding carboxylic acids is 2. The van der Waals surface area contributed by atoms with Crippen LogP contribution in [0.1, 0.15) is 42.8 Å². The van der Waals surface area contributed by atoms with Gasteiger partial charge in [-0.15, -0.1) is 11.8 Å². The van der Waals surface area contributed by atoms with Crippen molar-refractivity contribution in [1.82, 2.24) is 9.78 Å². The van der Waals surface area contributed by atoms with Crippen molar-refractivity contribution in [3.05, 3.63) is 107 Å². The van der Waals surface area contributed by atoms with Gasteiger partial charge in [0.05, 0.1) is 22.4 Å². The molecule has 2 amide bonds. The number of nitrogens with zero attached hydrogens (tertiary/aromatic N) is 3. The zero-order valence-electron chi connectivity index (χ0n) is 22.1. The smallest absolute Gasteiger partial charge is 0.244 e. The van der Waals surface area contributed by atoms with Crippen LogP contribution < -0.4 is 10.2 Å². The highest BCUT2D eigenvalue weighted by atomic mass is 32.2. The second-order valence-electron chi connectivity index (χ2n) is 10.5. The van der Waals surface area contributed by atoms with Gasteiger partial charge < -0.3 is 5.32 Å². The van der Waals surface area contributed by atoms with Gasteiger partial charge in [-0.1, -0.05) is 39.0 Å². The van der Waals surface area contributed by atoms with Gasteiger partial charge in [0.25, 0.3) is 0 Å². The molecule has 3 aromatic carbocycles. The summed E-state index contributed by atoms with van der Waals surface area (Å²) in [6.07, 6.45) is 0. The largest absolute Gasteiger partial charge is 0.325 e. The van der Waals surface area contributed by atoms with Crippen LogP contribution in [0.25, 0.3) is 5.69 Å². The van der Waals surface area contributed by atoms with Crippen molar-refractivity contribution in [3.8, 4) is 5.69 Å². The molecule has 1 N–H and O–H groups in total. The van der Waals surface area contributed by atoms with Gasteiger partial charge in [0.2, 0.25) is 11.8 Å². The van der Waals surface area contributed by atoms with E-state index in [2.05, 4.69) is 5.32 Å². The summed E-state index contributed by atoms with van der Waals surface area (Å²) in [7, 11) is 0. The molecule has 1 atom stereocenters. The Labute approximate surface area is 234 Å². The van der Waals surface area contributed by atoms with Gasteiger partial charge in [0.15, 0.2) is 0 Å². The monoisotopic (exact) mass is 564 g/mol. The maximum absolute atomic E-state index is 15.2. The van der Waals surface area contributed by atoms with E-state index in [1.165, 1.54) is 75.9 Å². The minimum atomic E-state index is -0.603. The van der Waals surface area contributed by atoms with Gasteiger partial charge in [-0.3, -0.25) is 14.5 Å². The lowest BCUT2D eigenvalue weighted by molar-refractivity contribution is -0.120. The lowest BCUT2D eigenvalue weighted by Crippen LogP contribution is -2.40. The molecule has 2 heterocycles. The third-order valence-electron chi connectivity index (χ3n) is 6.49. The topological polar surface area (TPSA) is 67.2 Å². The van der Waals surface area contributed by atoms with E-state index >= 15 is 4.39 Å². The first-order valence-electron chi connectivity index (χ1n) is 12.6. The average molecular weight is 565 g/mol. The Balaban J connectivity index is 1.70. The molecular weight excluding hydrogens is 537 g/mol. The highest BCUT2D eigenvalue weighted by Gasteiger charge is 2.40. The summed E-state index contributed by atoms with van der Waals surface area (Å²) < 4.78 is 44.0. The Bertz CT molecular complexity index is 1560. The predicted octanol–water partition coefficient (Wildman–Crippen LogP) is 6.40. The average Bonchev–Trinajstić information content (AvgIpc) is 3.25. The minimum absolute atomic E-state index is 0.0233. The van der Waals surface area contributed by atoms with Gasteiger partial charge in [-0.05, 0) is 54.6 Å². The highest BCUT2D eigenvalue weighted by molar-refractivity contribution is 8.00. The van der Waals surface area contributed by atoms with Crippen LogP contribution in [-0.2, 0) is 15.0 Å². The number of amides is 2. The summed E-state index contributed by atoms with van der Waals surface area (Å²) in [4.78, 5) is 28.2. The first-order chi connectivity index (χ1) is 19.0. The molecule has 1 unspecified atom stereocenters. The van der Waals surface area contributed by atoms with Crippen molar-refractivity contribution >= 4 is 35.1 Å². The number of nitrogens with one attached hydrogen (secondary N) is 1. The minimum Gasteiger partial charge on any atom is -0.325 e. The van der Waals surface area contributed by atoms with Crippen LogP contribution in [0.3, 0.4) is 0 Å². The molecule has 0 saturated heterocycles. The molecule has 40 heavy (non-hydrogen) atoms. The lowest BCUT2D eigenvalue weighted by atomic mass is 9.87. The number of halogens is 3. The fourth-order valence-corrected chi connectivity index (χ4v) is 5.87. The van der Waals surface area contributed by atoms with Crippen LogP contribution in [0.4, 0.5) is 24.7 Å². The molecule has 6 nitrogen and oxygen atoms in total. The fourth-order valence-electron chi connectivity index (χ4n) is 4.65. The number of aromatic nitrogens is 2. The molecule has 4 aromatic rings. The normalized spacial score (nSPS) is 15.5. The fraction of sp³-hybridized carbons (Fsp3) is 0.233. The highest BCUT2D eigenvalue weighted by Crippen LogP contribution is 2.48. The van der Waals surface area contributed by atoms with Crippen LogP contribution >= 0.6 is 11.8 Å². The number of rotatable bonds is 5. The van der Waals surface area contributed by atoms with Crippen LogP contribution in [0.15, 0.2) is 72.8 Å². The molecule has 0 radical (unpaired) electrons. The standard InChI is InChI=1S/C30H27F3N4O2S/c1-30(2,3)28-26-27(22-6-4-5-7-23(22)33)40-17-25(39)36(16-24(38)34-20-12-8-18(31)9-13-20)29(26)37(35-28)21-14-10-19(32)11-15-21/h4-15,27H,16-17H2,1-3H3,(H,34,38). The summed E-state index contributed by atoms with van der Waals surface area (Å²) >= 11 is 1.26. The Morgan fingerprint density at radius 1 is 0.975 bits per heavy atom. The van der Waals surface area contributed by atoms with E-state index in [9.17, 15) is 18.4 Å². The quantitative estimate of drug-likeness (QED) is 0.305. The number of hydrogen-bond donors (Lipinski definition) is 1. The zero-order valence-corrected chi connectivity index (χ0v) is 22.9. The first-order valence-corrected chi connectivity index (χ1v) is 13.7. The summed E-state index contributed by atoms with van der Waals surface area (Å²) in [5.41, 5.74) is 1.93. The number of fused-ring (bicyclic) bond motifs is 1. The molecule has 0 aliphatic carbocycles. The van der Waals surface area contributed by atoms with Crippen LogP contribution in [0.5, 0.6) is 0 Å². The zero-order chi connectivity index (χ0) is 28.6. The molecule has 206 valence electrons. The first kappa shape index (κ1) is 27.5. The van der Waals surface area contributed by atoms with Crippen LogP contribution in [0, 0.1) is 17.5 Å². The van der Waals surface area contributed by atoms with E-state index in [0.29, 0.717) is 34.0 Å². The molecule has 0 saturated carbocycles. The third-order valence-corrected chi connectivity index (χ3v) is 7.72. The molecule has 0 fully saturated rings. The van der Waals surface area contributed by atoms with Crippen molar-refractivity contribution in [2.75, 3.05) is 22.5 Å². The Morgan fingerprint density at radius 3 is 2.23 bits per heavy atom. The van der Waals surface area contributed by atoms with E-state index in [4.69, 9.17) is 5.10 Å². The number of anilines is 2. The van der Waals surface area contributed by atoms with Gasteiger partial charge in [0, 0.05) is 22.2 Å². The molecule has 10 heteroatoms. The van der Waals surface area contributed by atoms with Crippen molar-refractivity contribution in [1.29, 1.82) is 0 Å². The number of carbonyl (C=O) groups is 2. The Hall–Kier alpha value is -4.05. The number of hydrogen-bond acceptors (Lipinski definition) is 4. The molecule has 0 bridgehead atoms.